The molecule has 272 valence electrons. The molecule has 0 spiro atoms. The molecule has 1 unspecified atom stereocenters. The van der Waals surface area contributed by atoms with Crippen molar-refractivity contribution in [3.63, 3.8) is 0 Å². The lowest BCUT2D eigenvalue weighted by Crippen LogP contribution is -2.16. The third-order valence-electron chi connectivity index (χ3n) is 12.4. The summed E-state index contributed by atoms with van der Waals surface area (Å²) in [4.78, 5) is 2.45. The first-order chi connectivity index (χ1) is 28.8. The minimum atomic E-state index is 0.369. The Morgan fingerprint density at radius 3 is 1.78 bits per heavy atom. The van der Waals surface area contributed by atoms with E-state index in [1.807, 2.05) is 0 Å². The molecule has 0 saturated heterocycles. The summed E-state index contributed by atoms with van der Waals surface area (Å²) in [6, 6.07) is 75.0. The summed E-state index contributed by atoms with van der Waals surface area (Å²) in [6.45, 7) is 0. The van der Waals surface area contributed by atoms with Crippen LogP contribution in [0.25, 0.3) is 77.6 Å². The Morgan fingerprint density at radius 1 is 0.414 bits per heavy atom. The summed E-state index contributed by atoms with van der Waals surface area (Å²) >= 11 is 0. The highest BCUT2D eigenvalue weighted by Crippen LogP contribution is 2.56. The number of hydrogen-bond donors (Lipinski definition) is 0. The van der Waals surface area contributed by atoms with Gasteiger partial charge in [0.15, 0.2) is 0 Å². The van der Waals surface area contributed by atoms with Crippen LogP contribution in [0.5, 0.6) is 0 Å². The number of nitrogens with zero attached hydrogens (tertiary/aromatic N) is 1. The van der Waals surface area contributed by atoms with E-state index in [9.17, 15) is 0 Å². The second-order valence-electron chi connectivity index (χ2n) is 15.6. The van der Waals surface area contributed by atoms with Crippen molar-refractivity contribution in [2.75, 3.05) is 4.90 Å². The number of rotatable bonds is 6. The normalized spacial score (nSPS) is 13.6. The van der Waals surface area contributed by atoms with Gasteiger partial charge in [0.25, 0.3) is 0 Å². The topological polar surface area (TPSA) is 16.4 Å². The highest BCUT2D eigenvalue weighted by Gasteiger charge is 2.36. The van der Waals surface area contributed by atoms with E-state index >= 15 is 0 Å². The first-order valence-electron chi connectivity index (χ1n) is 20.2. The molecule has 2 aliphatic carbocycles. The third-order valence-corrected chi connectivity index (χ3v) is 12.4. The van der Waals surface area contributed by atoms with Gasteiger partial charge in [0, 0.05) is 39.2 Å². The van der Waals surface area contributed by atoms with E-state index in [2.05, 4.69) is 211 Å². The number of hydrogen-bond acceptors (Lipinski definition) is 2. The fraction of sp³-hybridized carbons (Fsp3) is 0.0357. The summed E-state index contributed by atoms with van der Waals surface area (Å²) < 4.78 is 6.70. The number of furan rings is 1. The second-order valence-corrected chi connectivity index (χ2v) is 15.6. The molecule has 1 atom stereocenters. The minimum Gasteiger partial charge on any atom is -0.455 e. The van der Waals surface area contributed by atoms with Crippen molar-refractivity contribution in [2.45, 2.75) is 12.3 Å². The molecular weight excluding hydrogens is 703 g/mol. The van der Waals surface area contributed by atoms with Crippen LogP contribution in [0.4, 0.5) is 17.1 Å². The van der Waals surface area contributed by atoms with E-state index in [1.54, 1.807) is 0 Å². The maximum absolute atomic E-state index is 6.70. The first kappa shape index (κ1) is 32.8. The summed E-state index contributed by atoms with van der Waals surface area (Å²) in [5, 5.41) is 2.26. The molecule has 2 heteroatoms. The number of para-hydroxylation sites is 1. The number of anilines is 3. The maximum atomic E-state index is 6.70. The molecule has 58 heavy (non-hydrogen) atoms. The zero-order valence-corrected chi connectivity index (χ0v) is 31.8. The molecule has 12 rings (SSSR count). The second kappa shape index (κ2) is 13.1. The molecule has 0 radical (unpaired) electrons. The summed E-state index contributed by atoms with van der Waals surface area (Å²) in [5.41, 5.74) is 21.9. The summed E-state index contributed by atoms with van der Waals surface area (Å²) in [6.07, 6.45) is 0.984. The Bertz CT molecular complexity index is 3180. The molecule has 0 fully saturated rings. The molecular formula is C56H37NO. The van der Waals surface area contributed by atoms with Crippen LogP contribution in [0.1, 0.15) is 22.6 Å². The van der Waals surface area contributed by atoms with Gasteiger partial charge in [0.05, 0.1) is 5.69 Å². The smallest absolute Gasteiger partial charge is 0.143 e. The Hall–Kier alpha value is -7.42. The zero-order valence-electron chi connectivity index (χ0n) is 31.8. The van der Waals surface area contributed by atoms with Crippen molar-refractivity contribution >= 4 is 39.0 Å². The van der Waals surface area contributed by atoms with Gasteiger partial charge in [-0.15, -0.1) is 0 Å². The van der Waals surface area contributed by atoms with Gasteiger partial charge < -0.3 is 9.32 Å². The largest absolute Gasteiger partial charge is 0.455 e. The van der Waals surface area contributed by atoms with Crippen LogP contribution in [0.2, 0.25) is 0 Å². The van der Waals surface area contributed by atoms with Crippen molar-refractivity contribution in [1.29, 1.82) is 0 Å². The number of benzene rings is 9. The van der Waals surface area contributed by atoms with E-state index in [0.717, 1.165) is 56.4 Å². The van der Waals surface area contributed by atoms with Gasteiger partial charge in [-0.3, -0.25) is 0 Å². The van der Waals surface area contributed by atoms with Crippen LogP contribution in [0.15, 0.2) is 211 Å². The van der Waals surface area contributed by atoms with Crippen molar-refractivity contribution in [3.8, 4) is 55.6 Å². The minimum absolute atomic E-state index is 0.369. The number of fused-ring (bicyclic) bond motifs is 8. The molecule has 0 N–H and O–H groups in total. The highest BCUT2D eigenvalue weighted by molar-refractivity contribution is 6.10. The lowest BCUT2D eigenvalue weighted by atomic mass is 9.77. The van der Waals surface area contributed by atoms with E-state index in [-0.39, 0.29) is 0 Å². The van der Waals surface area contributed by atoms with Crippen LogP contribution < -0.4 is 4.90 Å². The Labute approximate surface area is 337 Å². The summed E-state index contributed by atoms with van der Waals surface area (Å²) in [7, 11) is 0. The van der Waals surface area contributed by atoms with Crippen LogP contribution in [0.3, 0.4) is 0 Å². The molecule has 0 aliphatic heterocycles. The molecule has 0 bridgehead atoms. The quantitative estimate of drug-likeness (QED) is 0.169. The van der Waals surface area contributed by atoms with Crippen LogP contribution in [0, 0.1) is 0 Å². The first-order valence-corrected chi connectivity index (χ1v) is 20.2. The molecule has 9 aromatic carbocycles. The van der Waals surface area contributed by atoms with E-state index in [0.29, 0.717) is 5.92 Å². The van der Waals surface area contributed by atoms with Crippen LogP contribution >= 0.6 is 0 Å². The molecule has 1 aromatic heterocycles. The standard InChI is InChI=1S/C56H37NO/c1-3-12-36(13-4-1)38-24-29-42(30-25-38)57(52-23-9-16-41-34-51-46-18-8-7-17-45(46)48-20-11-22-50(54(41)52)55(48)51)43-31-26-39(27-32-43)44-19-10-21-49-47-33-28-40(35-53(47)58-56(44)49)37-14-5-2-6-15-37/h1-33,35,51H,34H2. The lowest BCUT2D eigenvalue weighted by Gasteiger charge is -2.33. The van der Waals surface area contributed by atoms with Crippen LogP contribution in [-0.2, 0) is 6.42 Å². The van der Waals surface area contributed by atoms with E-state index in [1.165, 1.54) is 61.3 Å². The lowest BCUT2D eigenvalue weighted by molar-refractivity contribution is 0.670. The van der Waals surface area contributed by atoms with Gasteiger partial charge in [-0.1, -0.05) is 164 Å². The zero-order chi connectivity index (χ0) is 38.2. The average Bonchev–Trinajstić information content (AvgIpc) is 3.83. The molecule has 2 aliphatic rings. The fourth-order valence-electron chi connectivity index (χ4n) is 9.77. The molecule has 2 nitrogen and oxygen atoms in total. The van der Waals surface area contributed by atoms with Crippen molar-refractivity contribution in [3.05, 3.63) is 223 Å². The molecule has 0 amide bonds. The van der Waals surface area contributed by atoms with Gasteiger partial charge in [0.2, 0.25) is 0 Å². The van der Waals surface area contributed by atoms with Gasteiger partial charge >= 0.3 is 0 Å². The fourth-order valence-corrected chi connectivity index (χ4v) is 9.77. The Kier molecular flexibility index (Phi) is 7.39. The van der Waals surface area contributed by atoms with Crippen molar-refractivity contribution in [1.82, 2.24) is 0 Å². The SMILES string of the molecule is c1ccc(-c2ccc(N(c3ccc(-c4cccc5c4oc4cc(-c6ccccc6)ccc45)cc3)c3cccc4c3-c3cccc5c3C(C4)c3ccccc3-5)cc2)cc1. The third kappa shape index (κ3) is 5.12. The van der Waals surface area contributed by atoms with E-state index < -0.39 is 0 Å². The average molecular weight is 740 g/mol. The molecule has 0 saturated carbocycles. The van der Waals surface area contributed by atoms with Crippen molar-refractivity contribution in [2.24, 2.45) is 0 Å². The predicted molar refractivity (Wildman–Crippen MR) is 241 cm³/mol. The maximum Gasteiger partial charge on any atom is 0.143 e. The van der Waals surface area contributed by atoms with Crippen LogP contribution in [-0.4, -0.2) is 0 Å². The summed E-state index contributed by atoms with van der Waals surface area (Å²) in [5.74, 6) is 0.369. The van der Waals surface area contributed by atoms with Gasteiger partial charge in [-0.25, -0.2) is 0 Å². The molecule has 10 aromatic rings. The Morgan fingerprint density at radius 2 is 1.00 bits per heavy atom. The van der Waals surface area contributed by atoms with Gasteiger partial charge in [-0.2, -0.15) is 0 Å². The highest BCUT2D eigenvalue weighted by atomic mass is 16.3. The van der Waals surface area contributed by atoms with E-state index in [4.69, 9.17) is 4.42 Å². The Balaban J connectivity index is 0.991. The van der Waals surface area contributed by atoms with Gasteiger partial charge in [-0.05, 0) is 110 Å². The predicted octanol–water partition coefficient (Wildman–Crippen LogP) is 15.4. The monoisotopic (exact) mass is 739 g/mol. The van der Waals surface area contributed by atoms with Gasteiger partial charge in [0.1, 0.15) is 11.2 Å². The molecule has 1 heterocycles. The van der Waals surface area contributed by atoms with Crippen molar-refractivity contribution < 1.29 is 4.42 Å².